The highest BCUT2D eigenvalue weighted by Gasteiger charge is 2.28. The van der Waals surface area contributed by atoms with Crippen molar-refractivity contribution in [3.05, 3.63) is 59.2 Å². The van der Waals surface area contributed by atoms with Crippen LogP contribution in [-0.2, 0) is 16.3 Å². The maximum atomic E-state index is 12.9. The topological polar surface area (TPSA) is 79.0 Å². The van der Waals surface area contributed by atoms with Crippen molar-refractivity contribution in [3.8, 4) is 5.75 Å². The average Bonchev–Trinajstić information content (AvgIpc) is 3.47. The molecule has 3 fully saturated rings. The molecule has 0 aromatic heterocycles. The fourth-order valence-electron chi connectivity index (χ4n) is 7.12. The number of piperidine rings is 1. The largest absolute Gasteiger partial charge is 0.493 e. The van der Waals surface area contributed by atoms with Crippen LogP contribution in [0, 0.1) is 5.92 Å². The van der Waals surface area contributed by atoms with E-state index in [4.69, 9.17) is 4.74 Å². The second-order valence-corrected chi connectivity index (χ2v) is 14.5. The highest BCUT2D eigenvalue weighted by molar-refractivity contribution is 7.91. The molecule has 7 nitrogen and oxygen atoms in total. The van der Waals surface area contributed by atoms with Crippen LogP contribution in [0.5, 0.6) is 5.75 Å². The third kappa shape index (κ3) is 6.49. The van der Waals surface area contributed by atoms with Gasteiger partial charge in [0.25, 0.3) is 5.91 Å². The summed E-state index contributed by atoms with van der Waals surface area (Å²) in [6, 6.07) is 14.5. The summed E-state index contributed by atoms with van der Waals surface area (Å²) in [6.07, 6.45) is 9.31. The van der Waals surface area contributed by atoms with Gasteiger partial charge in [-0.05, 0) is 112 Å². The maximum Gasteiger partial charge on any atom is 0.251 e. The van der Waals surface area contributed by atoms with E-state index in [1.54, 1.807) is 0 Å². The quantitative estimate of drug-likeness (QED) is 0.536. The lowest BCUT2D eigenvalue weighted by atomic mass is 9.83. The molecule has 216 valence electrons. The summed E-state index contributed by atoms with van der Waals surface area (Å²) in [6.45, 7) is 5.44. The maximum absolute atomic E-state index is 12.9. The third-order valence-corrected chi connectivity index (χ3v) is 11.3. The molecule has 2 saturated heterocycles. The SMILES string of the molecule is O=C(N[C@H]1CC[C@H](CCN2CCC(c3cccc4c3CCO4)CC2)CC1)c1ccc(N2CCS(=O)(=O)CC2)cc1. The number of anilines is 1. The predicted molar refractivity (Wildman–Crippen MR) is 159 cm³/mol. The van der Waals surface area contributed by atoms with Crippen LogP contribution < -0.4 is 15.0 Å². The highest BCUT2D eigenvalue weighted by Crippen LogP contribution is 2.37. The molecule has 40 heavy (non-hydrogen) atoms. The Labute approximate surface area is 239 Å². The van der Waals surface area contributed by atoms with Gasteiger partial charge in [0.2, 0.25) is 0 Å². The normalized spacial score (nSPS) is 25.2. The first-order valence-electron chi connectivity index (χ1n) is 15.3. The summed E-state index contributed by atoms with van der Waals surface area (Å²) in [5.41, 5.74) is 4.64. The smallest absolute Gasteiger partial charge is 0.251 e. The van der Waals surface area contributed by atoms with Crippen LogP contribution in [0.25, 0.3) is 0 Å². The molecule has 8 heteroatoms. The number of sulfone groups is 1. The van der Waals surface area contributed by atoms with E-state index in [1.807, 2.05) is 24.3 Å². The van der Waals surface area contributed by atoms with Crippen molar-refractivity contribution in [2.45, 2.75) is 63.3 Å². The summed E-state index contributed by atoms with van der Waals surface area (Å²) in [4.78, 5) is 17.6. The van der Waals surface area contributed by atoms with Crippen molar-refractivity contribution in [1.29, 1.82) is 0 Å². The Morgan fingerprint density at radius 2 is 1.62 bits per heavy atom. The molecule has 1 aliphatic carbocycles. The molecule has 2 aromatic rings. The number of ether oxygens (including phenoxy) is 1. The van der Waals surface area contributed by atoms with Crippen LogP contribution in [0.2, 0.25) is 0 Å². The lowest BCUT2D eigenvalue weighted by Crippen LogP contribution is -2.40. The molecule has 1 saturated carbocycles. The molecule has 6 rings (SSSR count). The average molecular weight is 566 g/mol. The summed E-state index contributed by atoms with van der Waals surface area (Å²) in [7, 11) is -2.90. The zero-order valence-corrected chi connectivity index (χ0v) is 24.3. The zero-order chi connectivity index (χ0) is 27.5. The van der Waals surface area contributed by atoms with Crippen molar-refractivity contribution in [1.82, 2.24) is 10.2 Å². The monoisotopic (exact) mass is 565 g/mol. The van der Waals surface area contributed by atoms with Crippen LogP contribution in [0.1, 0.15) is 72.3 Å². The molecular formula is C32H43N3O4S. The van der Waals surface area contributed by atoms with Crippen molar-refractivity contribution in [2.24, 2.45) is 5.92 Å². The first-order valence-corrected chi connectivity index (χ1v) is 17.1. The van der Waals surface area contributed by atoms with Gasteiger partial charge >= 0.3 is 0 Å². The number of carbonyl (C=O) groups is 1. The van der Waals surface area contributed by atoms with Gasteiger partial charge in [-0.25, -0.2) is 8.42 Å². The second kappa shape index (κ2) is 12.1. The third-order valence-electron chi connectivity index (χ3n) is 9.68. The van der Waals surface area contributed by atoms with Crippen LogP contribution >= 0.6 is 0 Å². The minimum absolute atomic E-state index is 0.00489. The van der Waals surface area contributed by atoms with E-state index in [9.17, 15) is 13.2 Å². The molecule has 1 N–H and O–H groups in total. The Kier molecular flexibility index (Phi) is 8.35. The Balaban J connectivity index is 0.897. The lowest BCUT2D eigenvalue weighted by molar-refractivity contribution is 0.0919. The minimum Gasteiger partial charge on any atom is -0.493 e. The van der Waals surface area contributed by atoms with Crippen molar-refractivity contribution in [2.75, 3.05) is 55.7 Å². The molecular weight excluding hydrogens is 522 g/mol. The molecule has 0 spiro atoms. The van der Waals surface area contributed by atoms with Gasteiger partial charge in [-0.15, -0.1) is 0 Å². The molecule has 2 aromatic carbocycles. The molecule has 4 aliphatic rings. The first-order chi connectivity index (χ1) is 19.4. The van der Waals surface area contributed by atoms with E-state index in [0.29, 0.717) is 24.6 Å². The van der Waals surface area contributed by atoms with E-state index in [0.717, 1.165) is 43.2 Å². The zero-order valence-electron chi connectivity index (χ0n) is 23.5. The molecule has 0 radical (unpaired) electrons. The number of carbonyl (C=O) groups excluding carboxylic acids is 1. The minimum atomic E-state index is -2.90. The van der Waals surface area contributed by atoms with Crippen molar-refractivity contribution >= 4 is 21.4 Å². The number of benzene rings is 2. The lowest BCUT2D eigenvalue weighted by Gasteiger charge is -2.35. The van der Waals surface area contributed by atoms with E-state index in [2.05, 4.69) is 33.3 Å². The first kappa shape index (κ1) is 27.6. The number of nitrogens with one attached hydrogen (secondary N) is 1. The fourth-order valence-corrected chi connectivity index (χ4v) is 8.32. The Bertz CT molecular complexity index is 1270. The van der Waals surface area contributed by atoms with Gasteiger partial charge in [-0.1, -0.05) is 12.1 Å². The molecule has 0 bridgehead atoms. The Morgan fingerprint density at radius 1 is 0.900 bits per heavy atom. The van der Waals surface area contributed by atoms with Crippen LogP contribution in [0.3, 0.4) is 0 Å². The molecule has 3 aliphatic heterocycles. The van der Waals surface area contributed by atoms with Gasteiger partial charge in [-0.2, -0.15) is 0 Å². The van der Waals surface area contributed by atoms with E-state index >= 15 is 0 Å². The van der Waals surface area contributed by atoms with Gasteiger partial charge in [0.1, 0.15) is 5.75 Å². The van der Waals surface area contributed by atoms with Crippen LogP contribution in [0.4, 0.5) is 5.69 Å². The molecule has 1 amide bonds. The van der Waals surface area contributed by atoms with E-state index < -0.39 is 9.84 Å². The van der Waals surface area contributed by atoms with Gasteiger partial charge in [0, 0.05) is 42.4 Å². The summed E-state index contributed by atoms with van der Waals surface area (Å²) >= 11 is 0. The van der Waals surface area contributed by atoms with Crippen molar-refractivity contribution < 1.29 is 17.9 Å². The number of rotatable bonds is 7. The number of hydrogen-bond donors (Lipinski definition) is 1. The van der Waals surface area contributed by atoms with E-state index in [-0.39, 0.29) is 23.5 Å². The summed E-state index contributed by atoms with van der Waals surface area (Å²) in [5, 5.41) is 3.26. The molecule has 3 heterocycles. The highest BCUT2D eigenvalue weighted by atomic mass is 32.2. The number of likely N-dealkylation sites (tertiary alicyclic amines) is 1. The van der Waals surface area contributed by atoms with Gasteiger partial charge < -0.3 is 19.9 Å². The van der Waals surface area contributed by atoms with Crippen LogP contribution in [-0.4, -0.2) is 76.1 Å². The van der Waals surface area contributed by atoms with Crippen molar-refractivity contribution in [3.63, 3.8) is 0 Å². The molecule has 0 unspecified atom stereocenters. The Morgan fingerprint density at radius 3 is 2.35 bits per heavy atom. The fraction of sp³-hybridized carbons (Fsp3) is 0.594. The summed E-state index contributed by atoms with van der Waals surface area (Å²) < 4.78 is 29.2. The summed E-state index contributed by atoms with van der Waals surface area (Å²) in [5.74, 6) is 2.93. The Hall–Kier alpha value is -2.58. The second-order valence-electron chi connectivity index (χ2n) is 12.2. The van der Waals surface area contributed by atoms with Gasteiger partial charge in [0.15, 0.2) is 9.84 Å². The van der Waals surface area contributed by atoms with E-state index in [1.165, 1.54) is 62.9 Å². The van der Waals surface area contributed by atoms with Gasteiger partial charge in [-0.3, -0.25) is 4.79 Å². The number of amides is 1. The number of nitrogens with zero attached hydrogens (tertiary/aromatic N) is 2. The molecule has 0 atom stereocenters. The number of fused-ring (bicyclic) bond motifs is 1. The van der Waals surface area contributed by atoms with Crippen LogP contribution in [0.15, 0.2) is 42.5 Å². The standard InChI is InChI=1S/C32H43N3O4S/c36-32(26-6-10-28(11-7-26)35-19-22-40(37,38)23-20-35)33-27-8-4-24(5-9-27)12-16-34-17-13-25(14-18-34)29-2-1-3-31-30(29)15-21-39-31/h1-3,6-7,10-11,24-25,27H,4-5,8-9,12-23H2,(H,33,36)/t24-,27-. The number of hydrogen-bond acceptors (Lipinski definition) is 6. The predicted octanol–water partition coefficient (Wildman–Crippen LogP) is 4.41. The van der Waals surface area contributed by atoms with Gasteiger partial charge in [0.05, 0.1) is 18.1 Å².